The van der Waals surface area contributed by atoms with Crippen LogP contribution in [0.2, 0.25) is 0 Å². The normalized spacial score (nSPS) is 12.1. The van der Waals surface area contributed by atoms with Crippen LogP contribution in [-0.2, 0) is 35.7 Å². The average molecular weight is 853 g/mol. The molecule has 0 fully saturated rings. The Kier molecular flexibility index (Phi) is 13.0. The average Bonchev–Trinajstić information content (AvgIpc) is 3.96. The van der Waals surface area contributed by atoms with Gasteiger partial charge < -0.3 is 25.5 Å². The zero-order valence-corrected chi connectivity index (χ0v) is 35.8. The molecule has 5 aromatic heterocycles. The number of nitrogens with zero attached hydrogens (tertiary/aromatic N) is 9. The number of carbonyl (C=O) groups excluding carboxylic acids is 5. The number of nitrogens with one attached hydrogen (secondary N) is 1. The van der Waals surface area contributed by atoms with Crippen LogP contribution in [0.15, 0.2) is 53.7 Å². The van der Waals surface area contributed by atoms with E-state index in [1.165, 1.54) is 29.7 Å². The van der Waals surface area contributed by atoms with Crippen molar-refractivity contribution in [3.8, 4) is 5.75 Å². The van der Waals surface area contributed by atoms with Gasteiger partial charge in [0.15, 0.2) is 10.4 Å². The van der Waals surface area contributed by atoms with Crippen molar-refractivity contribution < 1.29 is 33.4 Å². The summed E-state index contributed by atoms with van der Waals surface area (Å²) in [5.74, 6) is -2.31. The highest BCUT2D eigenvalue weighted by atomic mass is 32.1. The third kappa shape index (κ3) is 10.1. The van der Waals surface area contributed by atoms with Crippen molar-refractivity contribution in [1.82, 2.24) is 38.7 Å². The Morgan fingerprint density at radius 3 is 2.15 bits per heavy atom. The number of ether oxygens (including phenoxy) is 2. The number of benzene rings is 1. The number of hydrogen-bond acceptors (Lipinski definition) is 12. The lowest BCUT2D eigenvalue weighted by Gasteiger charge is -2.19. The highest BCUT2D eigenvalue weighted by molar-refractivity contribution is 7.16. The van der Waals surface area contributed by atoms with Gasteiger partial charge in [0.25, 0.3) is 11.8 Å². The fourth-order valence-electron chi connectivity index (χ4n) is 6.49. The number of imidazole rings is 1. The molecule has 0 unspecified atom stereocenters. The first kappa shape index (κ1) is 43.6. The molecule has 0 saturated heterocycles. The van der Waals surface area contributed by atoms with Crippen molar-refractivity contribution in [3.63, 3.8) is 0 Å². The Morgan fingerprint density at radius 2 is 1.51 bits per heavy atom. The molecule has 0 saturated carbocycles. The molecule has 61 heavy (non-hydrogen) atoms. The van der Waals surface area contributed by atoms with Gasteiger partial charge in [0, 0.05) is 44.4 Å². The van der Waals surface area contributed by atoms with E-state index in [4.69, 9.17) is 25.9 Å². The number of anilines is 1. The minimum absolute atomic E-state index is 0.0875. The van der Waals surface area contributed by atoms with E-state index in [1.54, 1.807) is 71.3 Å². The molecule has 1 aromatic carbocycles. The molecule has 4 amide bonds. The third-order valence-corrected chi connectivity index (χ3v) is 10.1. The van der Waals surface area contributed by atoms with Crippen LogP contribution in [0, 0.1) is 13.8 Å². The number of primary amides is 2. The van der Waals surface area contributed by atoms with E-state index in [9.17, 15) is 24.0 Å². The lowest BCUT2D eigenvalue weighted by molar-refractivity contribution is -0.155. The van der Waals surface area contributed by atoms with Crippen molar-refractivity contribution in [1.29, 1.82) is 0 Å². The van der Waals surface area contributed by atoms with Gasteiger partial charge in [-0.3, -0.25) is 43.2 Å². The van der Waals surface area contributed by atoms with Crippen molar-refractivity contribution in [2.24, 2.45) is 16.5 Å². The van der Waals surface area contributed by atoms with Crippen LogP contribution in [0.4, 0.5) is 5.95 Å². The number of hydrogen-bond donors (Lipinski definition) is 3. The molecule has 0 spiro atoms. The molecule has 5 heterocycles. The molecule has 0 aliphatic carbocycles. The lowest BCUT2D eigenvalue weighted by atomic mass is 10.1. The predicted molar refractivity (Wildman–Crippen MR) is 227 cm³/mol. The highest BCUT2D eigenvalue weighted by Gasteiger charge is 2.23. The number of aryl methyl sites for hydroxylation is 4. The highest BCUT2D eigenvalue weighted by Crippen LogP contribution is 2.32. The molecule has 0 atom stereocenters. The van der Waals surface area contributed by atoms with E-state index in [2.05, 4.69) is 25.5 Å². The van der Waals surface area contributed by atoms with Crippen LogP contribution >= 0.6 is 11.3 Å². The summed E-state index contributed by atoms with van der Waals surface area (Å²) in [5.41, 5.74) is 14.2. The van der Waals surface area contributed by atoms with Crippen molar-refractivity contribution in [2.75, 3.05) is 11.9 Å². The Morgan fingerprint density at radius 1 is 0.869 bits per heavy atom. The number of pyridine rings is 1. The van der Waals surface area contributed by atoms with Crippen molar-refractivity contribution >= 4 is 68.3 Å². The summed E-state index contributed by atoms with van der Waals surface area (Å²) in [6.45, 7) is 14.0. The summed E-state index contributed by atoms with van der Waals surface area (Å²) in [7, 11) is 0. The first-order valence-electron chi connectivity index (χ1n) is 19.6. The van der Waals surface area contributed by atoms with Crippen LogP contribution < -0.4 is 26.3 Å². The lowest BCUT2D eigenvalue weighted by Crippen LogP contribution is -2.24. The molecular weight excluding hydrogens is 805 g/mol. The summed E-state index contributed by atoms with van der Waals surface area (Å²) in [4.78, 5) is 78.1. The Labute approximate surface area is 354 Å². The Balaban J connectivity index is 1.38. The minimum atomic E-state index is -0.714. The van der Waals surface area contributed by atoms with Crippen LogP contribution in [0.25, 0.3) is 21.4 Å². The van der Waals surface area contributed by atoms with Crippen LogP contribution in [0.5, 0.6) is 5.75 Å². The van der Waals surface area contributed by atoms with Crippen LogP contribution in [0.3, 0.4) is 0 Å². The predicted octanol–water partition coefficient (Wildman–Crippen LogP) is 4.45. The van der Waals surface area contributed by atoms with E-state index < -0.39 is 29.2 Å². The summed E-state index contributed by atoms with van der Waals surface area (Å²) in [5, 5.41) is 11.7. The van der Waals surface area contributed by atoms with E-state index in [-0.39, 0.29) is 54.9 Å². The zero-order valence-electron chi connectivity index (χ0n) is 35.0. The van der Waals surface area contributed by atoms with Gasteiger partial charge in [0.2, 0.25) is 17.8 Å². The zero-order chi connectivity index (χ0) is 44.2. The van der Waals surface area contributed by atoms with Gasteiger partial charge in [0.1, 0.15) is 28.3 Å². The molecule has 5 N–H and O–H groups in total. The molecule has 19 nitrogen and oxygen atoms in total. The number of aromatic nitrogens is 8. The van der Waals surface area contributed by atoms with Gasteiger partial charge in [-0.05, 0) is 85.2 Å². The summed E-state index contributed by atoms with van der Waals surface area (Å²) >= 11 is 1.18. The maximum Gasteiger partial charge on any atom is 0.306 e. The third-order valence-electron chi connectivity index (χ3n) is 9.12. The van der Waals surface area contributed by atoms with Gasteiger partial charge in [0.05, 0.1) is 33.8 Å². The number of nitrogens with two attached hydrogens (primary N) is 2. The number of allylic oxidation sites excluding steroid dienone is 2. The second-order valence-electron chi connectivity index (χ2n) is 15.0. The molecule has 0 aliphatic heterocycles. The second-order valence-corrected chi connectivity index (χ2v) is 16.0. The quantitative estimate of drug-likeness (QED) is 0.0697. The smallest absolute Gasteiger partial charge is 0.306 e. The summed E-state index contributed by atoms with van der Waals surface area (Å²) in [6, 6.07) is 7.96. The Hall–Kier alpha value is -6.96. The van der Waals surface area contributed by atoms with Crippen LogP contribution in [0.1, 0.15) is 101 Å². The number of carbonyl (C=O) groups is 5. The van der Waals surface area contributed by atoms with Gasteiger partial charge in [-0.25, -0.2) is 9.97 Å². The van der Waals surface area contributed by atoms with E-state index >= 15 is 0 Å². The molecule has 6 rings (SSSR count). The molecule has 320 valence electrons. The topological polar surface area (TPSA) is 252 Å². The maximum atomic E-state index is 13.7. The van der Waals surface area contributed by atoms with E-state index in [0.717, 1.165) is 0 Å². The van der Waals surface area contributed by atoms with Crippen molar-refractivity contribution in [3.05, 3.63) is 87.4 Å². The standard InChI is InChI=1S/C41H48N12O7S/c1-8-52-28(17-23(3)48-52)37(57)46-39-45-27-19-25(34(42)55)20-30(59-16-12-13-32(54)60-41(5,6)7)33(27)50(39)14-10-11-15-51-36-31(21-26(22-44-36)35(43)56)61-40(51)47-38(58)29-18-24(4)49-53(29)9-2/h10-11,17-22H,8-9,12-16H2,1-7H3,(H2,42,55)(H2,43,56)(H,45,46,57)/b11-10+,47-40-. The van der Waals surface area contributed by atoms with E-state index in [1.807, 2.05) is 26.0 Å². The number of fused-ring (bicyclic) bond motifs is 2. The van der Waals surface area contributed by atoms with Gasteiger partial charge in [-0.15, -0.1) is 0 Å². The number of rotatable bonds is 16. The monoisotopic (exact) mass is 852 g/mol. The largest absolute Gasteiger partial charge is 0.491 e. The molecule has 0 bridgehead atoms. The molecular formula is C41H48N12O7S. The molecule has 20 heteroatoms. The first-order chi connectivity index (χ1) is 29.0. The number of esters is 1. The van der Waals surface area contributed by atoms with Crippen LogP contribution in [-0.4, -0.2) is 80.5 Å². The van der Waals surface area contributed by atoms with Gasteiger partial charge in [-0.1, -0.05) is 23.5 Å². The first-order valence-corrected chi connectivity index (χ1v) is 20.4. The van der Waals surface area contributed by atoms with E-state index in [0.29, 0.717) is 68.5 Å². The summed E-state index contributed by atoms with van der Waals surface area (Å²) < 4.78 is 18.8. The second kappa shape index (κ2) is 18.1. The number of thiazole rings is 1. The fourth-order valence-corrected chi connectivity index (χ4v) is 7.52. The Bertz CT molecular complexity index is 2780. The molecule has 0 radical (unpaired) electrons. The molecule has 6 aromatic rings. The minimum Gasteiger partial charge on any atom is -0.491 e. The van der Waals surface area contributed by atoms with Gasteiger partial charge in [-0.2, -0.15) is 15.2 Å². The molecule has 0 aliphatic rings. The van der Waals surface area contributed by atoms with Crippen molar-refractivity contribution in [2.45, 2.75) is 93.1 Å². The summed E-state index contributed by atoms with van der Waals surface area (Å²) in [6.07, 6.45) is 5.42. The number of amides is 4. The van der Waals surface area contributed by atoms with Gasteiger partial charge >= 0.3 is 5.97 Å². The SMILES string of the molecule is CCn1nc(C)cc1C(=O)/N=c1\sc2cc(C(N)=O)cnc2n1C/C=C/Cn1c(NC(=O)c2cc(C)nn2CC)nc2cc(C(N)=O)cc(OCCCC(=O)OC(C)(C)C)c21. The fraction of sp³-hybridized carbons (Fsp3) is 0.366. The maximum absolute atomic E-state index is 13.7.